The Morgan fingerprint density at radius 1 is 1.00 bits per heavy atom. The van der Waals surface area contributed by atoms with Crippen LogP contribution in [0.15, 0.2) is 72.9 Å². The number of aromatic nitrogens is 1. The van der Waals surface area contributed by atoms with Crippen LogP contribution in [-0.4, -0.2) is 41.2 Å². The minimum Gasteiger partial charge on any atom is -0.399 e. The zero-order chi connectivity index (χ0) is 23.2. The Hall–Kier alpha value is -2.77. The molecular weight excluding hydrogens is 414 g/mol. The summed E-state index contributed by atoms with van der Waals surface area (Å²) in [5.74, 6) is 0.139. The van der Waals surface area contributed by atoms with Crippen LogP contribution in [0.1, 0.15) is 41.7 Å². The highest BCUT2D eigenvalue weighted by atomic mass is 16.7. The fraction of sp³-hybridized carbons (Fsp3) is 0.370. The van der Waals surface area contributed by atoms with Gasteiger partial charge in [0.25, 0.3) is 0 Å². The Balaban J connectivity index is 1.52. The van der Waals surface area contributed by atoms with E-state index in [1.165, 1.54) is 0 Å². The monoisotopic (exact) mass is 447 g/mol. The van der Waals surface area contributed by atoms with Crippen molar-refractivity contribution in [1.29, 1.82) is 0 Å². The number of nitrogens with two attached hydrogens (primary N) is 1. The van der Waals surface area contributed by atoms with E-state index in [-0.39, 0.29) is 24.7 Å². The highest BCUT2D eigenvalue weighted by Crippen LogP contribution is 2.42. The lowest BCUT2D eigenvalue weighted by atomic mass is 9.90. The molecule has 0 amide bonds. The van der Waals surface area contributed by atoms with Crippen LogP contribution in [0.2, 0.25) is 0 Å². The third-order valence-electron chi connectivity index (χ3n) is 6.27. The normalized spacial score (nSPS) is 23.0. The Morgan fingerprint density at radius 2 is 1.82 bits per heavy atom. The van der Waals surface area contributed by atoms with E-state index >= 15 is 0 Å². The molecule has 6 heteroatoms. The second-order valence-corrected chi connectivity index (χ2v) is 8.83. The average molecular weight is 448 g/mol. The quantitative estimate of drug-likeness (QED) is 0.506. The van der Waals surface area contributed by atoms with Crippen molar-refractivity contribution < 1.29 is 14.6 Å². The van der Waals surface area contributed by atoms with E-state index in [0.29, 0.717) is 5.69 Å². The number of pyridine rings is 1. The molecule has 4 rings (SSSR count). The fourth-order valence-corrected chi connectivity index (χ4v) is 4.28. The van der Waals surface area contributed by atoms with Crippen molar-refractivity contribution in [3.63, 3.8) is 0 Å². The van der Waals surface area contributed by atoms with E-state index in [9.17, 15) is 5.11 Å². The third-order valence-corrected chi connectivity index (χ3v) is 6.27. The van der Waals surface area contributed by atoms with E-state index in [0.717, 1.165) is 41.9 Å². The number of rotatable bonds is 8. The van der Waals surface area contributed by atoms with Crippen molar-refractivity contribution in [2.24, 2.45) is 5.92 Å². The molecule has 0 aliphatic carbocycles. The van der Waals surface area contributed by atoms with Gasteiger partial charge in [0.2, 0.25) is 0 Å². The molecule has 0 radical (unpaired) electrons. The molecule has 1 unspecified atom stereocenters. The van der Waals surface area contributed by atoms with Gasteiger partial charge >= 0.3 is 0 Å². The van der Waals surface area contributed by atoms with E-state index in [4.69, 9.17) is 15.2 Å². The third kappa shape index (κ3) is 5.97. The molecule has 1 aliphatic rings. The van der Waals surface area contributed by atoms with Crippen molar-refractivity contribution in [3.8, 4) is 0 Å². The minimum atomic E-state index is -0.499. The summed E-state index contributed by atoms with van der Waals surface area (Å²) in [7, 11) is 2.12. The first-order valence-corrected chi connectivity index (χ1v) is 11.5. The van der Waals surface area contributed by atoms with Crippen molar-refractivity contribution in [2.75, 3.05) is 25.9 Å². The van der Waals surface area contributed by atoms with E-state index in [1.807, 2.05) is 66.9 Å². The summed E-state index contributed by atoms with van der Waals surface area (Å²) in [6.07, 6.45) is 2.07. The topological polar surface area (TPSA) is 80.8 Å². The van der Waals surface area contributed by atoms with Gasteiger partial charge in [-0.05, 0) is 42.4 Å². The van der Waals surface area contributed by atoms with Gasteiger partial charge in [0, 0.05) is 48.6 Å². The van der Waals surface area contributed by atoms with Gasteiger partial charge in [0.05, 0.1) is 18.8 Å². The lowest BCUT2D eigenvalue weighted by molar-refractivity contribution is -0.275. The summed E-state index contributed by atoms with van der Waals surface area (Å²) in [5, 5.41) is 9.41. The number of aliphatic hydroxyl groups is 1. The molecule has 2 aromatic carbocycles. The summed E-state index contributed by atoms with van der Waals surface area (Å²) in [5.41, 5.74) is 10.7. The molecule has 2 heterocycles. The van der Waals surface area contributed by atoms with Gasteiger partial charge in [-0.25, -0.2) is 0 Å². The van der Waals surface area contributed by atoms with Gasteiger partial charge in [-0.1, -0.05) is 49.4 Å². The Morgan fingerprint density at radius 3 is 2.52 bits per heavy atom. The smallest absolute Gasteiger partial charge is 0.185 e. The molecule has 3 N–H and O–H groups in total. The number of likely N-dealkylation sites (N-methyl/N-ethyl adjacent to an activating group) is 1. The number of anilines is 1. The Labute approximate surface area is 196 Å². The van der Waals surface area contributed by atoms with Crippen LogP contribution in [0.5, 0.6) is 0 Å². The number of hydrogen-bond donors (Lipinski definition) is 2. The SMILES string of the molecule is C[C@H]1[C@@H](CN(C)CCc2ccccn2)OC(c2cccc(N)c2)O[C@H]1c1ccc(CO)cc1. The van der Waals surface area contributed by atoms with Crippen molar-refractivity contribution in [1.82, 2.24) is 9.88 Å². The van der Waals surface area contributed by atoms with Gasteiger partial charge in [0.1, 0.15) is 0 Å². The summed E-state index contributed by atoms with van der Waals surface area (Å²) >= 11 is 0. The second kappa shape index (κ2) is 10.9. The number of benzene rings is 2. The van der Waals surface area contributed by atoms with Gasteiger partial charge in [-0.2, -0.15) is 0 Å². The number of ether oxygens (including phenoxy) is 2. The summed E-state index contributed by atoms with van der Waals surface area (Å²) in [6, 6.07) is 21.7. The number of hydrogen-bond acceptors (Lipinski definition) is 6. The molecule has 1 fully saturated rings. The lowest BCUT2D eigenvalue weighted by Gasteiger charge is -2.42. The number of aliphatic hydroxyl groups excluding tert-OH is 1. The van der Waals surface area contributed by atoms with E-state index in [2.05, 4.69) is 29.9 Å². The maximum atomic E-state index is 9.41. The first kappa shape index (κ1) is 23.4. The summed E-state index contributed by atoms with van der Waals surface area (Å²) in [6.45, 7) is 3.88. The fourth-order valence-electron chi connectivity index (χ4n) is 4.28. The predicted molar refractivity (Wildman–Crippen MR) is 129 cm³/mol. The summed E-state index contributed by atoms with van der Waals surface area (Å²) < 4.78 is 13.0. The van der Waals surface area contributed by atoms with E-state index in [1.54, 1.807) is 0 Å². The van der Waals surface area contributed by atoms with Crippen LogP contribution in [0, 0.1) is 5.92 Å². The maximum Gasteiger partial charge on any atom is 0.185 e. The maximum absolute atomic E-state index is 9.41. The number of nitrogen functional groups attached to an aromatic ring is 1. The van der Waals surface area contributed by atoms with Crippen LogP contribution in [-0.2, 0) is 22.5 Å². The molecule has 1 saturated heterocycles. The molecule has 0 saturated carbocycles. The minimum absolute atomic E-state index is 0.0265. The van der Waals surface area contributed by atoms with Crippen LogP contribution in [0.25, 0.3) is 0 Å². The second-order valence-electron chi connectivity index (χ2n) is 8.83. The van der Waals surface area contributed by atoms with Crippen LogP contribution < -0.4 is 5.73 Å². The van der Waals surface area contributed by atoms with Crippen molar-refractivity contribution in [2.45, 2.75) is 38.4 Å². The molecule has 3 aromatic rings. The molecule has 6 nitrogen and oxygen atoms in total. The first-order valence-electron chi connectivity index (χ1n) is 11.5. The lowest BCUT2D eigenvalue weighted by Crippen LogP contribution is -2.43. The van der Waals surface area contributed by atoms with Gasteiger partial charge < -0.3 is 25.2 Å². The molecule has 4 atom stereocenters. The van der Waals surface area contributed by atoms with Gasteiger partial charge in [-0.3, -0.25) is 4.98 Å². The highest BCUT2D eigenvalue weighted by molar-refractivity contribution is 5.41. The molecule has 174 valence electrons. The zero-order valence-electron chi connectivity index (χ0n) is 19.3. The predicted octanol–water partition coefficient (Wildman–Crippen LogP) is 4.12. The largest absolute Gasteiger partial charge is 0.399 e. The van der Waals surface area contributed by atoms with E-state index < -0.39 is 6.29 Å². The Kier molecular flexibility index (Phi) is 7.73. The summed E-state index contributed by atoms with van der Waals surface area (Å²) in [4.78, 5) is 6.73. The van der Waals surface area contributed by atoms with Gasteiger partial charge in [0.15, 0.2) is 6.29 Å². The molecule has 0 spiro atoms. The number of nitrogens with zero attached hydrogens (tertiary/aromatic N) is 2. The standard InChI is InChI=1S/C27H33N3O3/c1-19-25(17-30(2)15-13-24-8-3-4-14-29-24)32-27(22-6-5-7-23(28)16-22)33-26(19)21-11-9-20(18-31)10-12-21/h3-12,14,16,19,25-27,31H,13,15,17-18,28H2,1-2H3/t19-,25+,26+,27?/m0/s1. The highest BCUT2D eigenvalue weighted by Gasteiger charge is 2.38. The first-order chi connectivity index (χ1) is 16.0. The molecule has 33 heavy (non-hydrogen) atoms. The van der Waals surface area contributed by atoms with Crippen molar-refractivity contribution in [3.05, 3.63) is 95.3 Å². The average Bonchev–Trinajstić information content (AvgIpc) is 2.85. The van der Waals surface area contributed by atoms with Crippen molar-refractivity contribution >= 4 is 5.69 Å². The molecule has 1 aromatic heterocycles. The molecular formula is C27H33N3O3. The van der Waals surface area contributed by atoms with Gasteiger partial charge in [-0.15, -0.1) is 0 Å². The Bertz CT molecular complexity index is 1010. The zero-order valence-corrected chi connectivity index (χ0v) is 19.3. The van der Waals surface area contributed by atoms with Crippen LogP contribution >= 0.6 is 0 Å². The van der Waals surface area contributed by atoms with Crippen LogP contribution in [0.3, 0.4) is 0 Å². The van der Waals surface area contributed by atoms with Crippen LogP contribution in [0.4, 0.5) is 5.69 Å². The molecule has 0 bridgehead atoms. The molecule has 1 aliphatic heterocycles.